The molecule has 0 aliphatic carbocycles. The summed E-state index contributed by atoms with van der Waals surface area (Å²) in [5, 5.41) is 19.7. The summed E-state index contributed by atoms with van der Waals surface area (Å²) in [5.74, 6) is -0.100. The molecule has 15 heteroatoms. The Kier molecular flexibility index (Phi) is 9.78. The number of nitrogens with zero attached hydrogens (tertiary/aromatic N) is 4. The van der Waals surface area contributed by atoms with Gasteiger partial charge in [-0.15, -0.1) is 0 Å². The summed E-state index contributed by atoms with van der Waals surface area (Å²) >= 11 is 0. The third-order valence-corrected chi connectivity index (χ3v) is 8.19. The largest absolute Gasteiger partial charge is 0.494 e. The lowest BCUT2D eigenvalue weighted by Gasteiger charge is -2.19. The fourth-order valence-electron chi connectivity index (χ4n) is 4.47. The van der Waals surface area contributed by atoms with Gasteiger partial charge >= 0.3 is 6.01 Å². The Bertz CT molecular complexity index is 1690. The molecule has 0 bridgehead atoms. The van der Waals surface area contributed by atoms with Gasteiger partial charge in [-0.05, 0) is 42.5 Å². The lowest BCUT2D eigenvalue weighted by Crippen LogP contribution is -2.20. The minimum atomic E-state index is -4.29. The molecule has 3 N–H and O–H groups in total. The fraction of sp³-hybridized carbons (Fsp3) is 0.367. The molecule has 4 heterocycles. The average molecular weight is 642 g/mol. The molecule has 1 fully saturated rings. The summed E-state index contributed by atoms with van der Waals surface area (Å²) < 4.78 is 59.9. The number of pyridine rings is 1. The highest BCUT2D eigenvalue weighted by Crippen LogP contribution is 2.41. The molecule has 0 radical (unpaired) electrons. The first kappa shape index (κ1) is 31.7. The summed E-state index contributed by atoms with van der Waals surface area (Å²) in [5.41, 5.74) is 0.872. The van der Waals surface area contributed by atoms with E-state index in [4.69, 9.17) is 23.7 Å². The number of hydrogen-bond donors (Lipinski definition) is 3. The zero-order valence-corrected chi connectivity index (χ0v) is 25.9. The van der Waals surface area contributed by atoms with Gasteiger partial charge in [-0.25, -0.2) is 4.98 Å². The molecule has 1 aromatic carbocycles. The summed E-state index contributed by atoms with van der Waals surface area (Å²) in [7, 11) is -2.81. The number of sulfonamides is 1. The predicted molar refractivity (Wildman–Crippen MR) is 162 cm³/mol. The second kappa shape index (κ2) is 13.9. The molecule has 1 atom stereocenters. The number of para-hydroxylation sites is 2. The molecule has 3 aromatic heterocycles. The van der Waals surface area contributed by atoms with Gasteiger partial charge in [0.2, 0.25) is 5.75 Å². The van der Waals surface area contributed by atoms with Gasteiger partial charge in [-0.2, -0.15) is 18.4 Å². The van der Waals surface area contributed by atoms with Crippen molar-refractivity contribution in [3.05, 3.63) is 60.3 Å². The van der Waals surface area contributed by atoms with E-state index in [9.17, 15) is 18.6 Å². The molecule has 1 unspecified atom stereocenters. The first-order valence-electron chi connectivity index (χ1n) is 14.3. The van der Waals surface area contributed by atoms with Crippen LogP contribution in [0, 0.1) is 0 Å². The number of anilines is 1. The fourth-order valence-corrected chi connectivity index (χ4v) is 5.41. The van der Waals surface area contributed by atoms with Gasteiger partial charge < -0.3 is 33.9 Å². The van der Waals surface area contributed by atoms with Crippen LogP contribution in [0.1, 0.15) is 38.2 Å². The number of methoxy groups -OCH3 is 1. The monoisotopic (exact) mass is 641 g/mol. The van der Waals surface area contributed by atoms with Gasteiger partial charge in [0, 0.05) is 24.9 Å². The number of ether oxygens (including phenoxy) is 5. The summed E-state index contributed by atoms with van der Waals surface area (Å²) in [6.45, 7) is 4.59. The Balaban J connectivity index is 1.53. The number of aromatic nitrogens is 4. The van der Waals surface area contributed by atoms with Crippen molar-refractivity contribution in [2.75, 3.05) is 31.7 Å². The molecule has 240 valence electrons. The van der Waals surface area contributed by atoms with Gasteiger partial charge in [0.05, 0.1) is 19.8 Å². The third kappa shape index (κ3) is 7.67. The normalized spacial score (nSPS) is 14.8. The highest BCUT2D eigenvalue weighted by atomic mass is 32.2. The summed E-state index contributed by atoms with van der Waals surface area (Å²) in [6, 6.07) is 12.3. The standard InChI is InChI=1S/C30H35N5O9S/c1-19(2)20-10-11-24(31-17-20)45(38,39)34-28-27(44-23-9-5-4-8-22(23)40-3)29(43-18-21-7-6-15-41-21)33-30(32-28)42-16-14-35-25(36)12-13-26(35)37/h4-5,8-13,17,19,21,36-37H,6-7,14-16,18H2,1-3H3,(H,32,33,34). The second-order valence-corrected chi connectivity index (χ2v) is 12.1. The molecule has 4 aromatic rings. The van der Waals surface area contributed by atoms with Gasteiger partial charge in [0.15, 0.2) is 34.1 Å². The van der Waals surface area contributed by atoms with Crippen molar-refractivity contribution in [1.29, 1.82) is 0 Å². The number of nitrogens with one attached hydrogen (secondary N) is 1. The van der Waals surface area contributed by atoms with Crippen LogP contribution in [0.25, 0.3) is 0 Å². The van der Waals surface area contributed by atoms with E-state index < -0.39 is 10.0 Å². The Labute approximate surface area is 260 Å². The number of rotatable bonds is 14. The van der Waals surface area contributed by atoms with E-state index >= 15 is 0 Å². The predicted octanol–water partition coefficient (Wildman–Crippen LogP) is 4.45. The van der Waals surface area contributed by atoms with Crippen molar-refractivity contribution in [1.82, 2.24) is 19.5 Å². The van der Waals surface area contributed by atoms with E-state index in [1.54, 1.807) is 30.3 Å². The molecular weight excluding hydrogens is 606 g/mol. The van der Waals surface area contributed by atoms with Gasteiger partial charge in [0.1, 0.15) is 13.2 Å². The molecule has 0 amide bonds. The van der Waals surface area contributed by atoms with Crippen molar-refractivity contribution in [2.24, 2.45) is 0 Å². The number of benzene rings is 1. The van der Waals surface area contributed by atoms with Gasteiger partial charge in [-0.1, -0.05) is 32.0 Å². The molecule has 1 saturated heterocycles. The lowest BCUT2D eigenvalue weighted by atomic mass is 10.1. The van der Waals surface area contributed by atoms with Crippen LogP contribution >= 0.6 is 0 Å². The minimum absolute atomic E-state index is 0.0345. The molecule has 0 spiro atoms. The number of hydrogen-bond acceptors (Lipinski definition) is 12. The quantitative estimate of drug-likeness (QED) is 0.177. The summed E-state index contributed by atoms with van der Waals surface area (Å²) in [4.78, 5) is 12.9. The minimum Gasteiger partial charge on any atom is -0.494 e. The number of aromatic hydroxyl groups is 2. The van der Waals surface area contributed by atoms with Crippen LogP contribution < -0.4 is 23.7 Å². The van der Waals surface area contributed by atoms with Crippen LogP contribution in [0.15, 0.2) is 59.8 Å². The Hall–Kier alpha value is -4.76. The van der Waals surface area contributed by atoms with Gasteiger partial charge in [0.25, 0.3) is 15.9 Å². The van der Waals surface area contributed by atoms with Crippen LogP contribution in [0.4, 0.5) is 5.82 Å². The second-order valence-electron chi connectivity index (χ2n) is 10.4. The zero-order chi connectivity index (χ0) is 32.0. The molecule has 0 saturated carbocycles. The molecule has 1 aliphatic rings. The Morgan fingerprint density at radius 3 is 2.44 bits per heavy atom. The lowest BCUT2D eigenvalue weighted by molar-refractivity contribution is 0.0650. The van der Waals surface area contributed by atoms with Gasteiger partial charge in [-0.3, -0.25) is 9.29 Å². The van der Waals surface area contributed by atoms with E-state index in [1.807, 2.05) is 13.8 Å². The van der Waals surface area contributed by atoms with E-state index in [0.717, 1.165) is 18.4 Å². The maximum Gasteiger partial charge on any atom is 0.322 e. The van der Waals surface area contributed by atoms with Crippen LogP contribution in [0.5, 0.6) is 40.9 Å². The molecular formula is C30H35N5O9S. The zero-order valence-electron chi connectivity index (χ0n) is 25.0. The van der Waals surface area contributed by atoms with Crippen molar-refractivity contribution in [3.63, 3.8) is 0 Å². The van der Waals surface area contributed by atoms with Crippen LogP contribution in [-0.2, 0) is 21.3 Å². The molecule has 5 rings (SSSR count). The first-order chi connectivity index (χ1) is 21.6. The Morgan fingerprint density at radius 1 is 1.04 bits per heavy atom. The van der Waals surface area contributed by atoms with Crippen molar-refractivity contribution >= 4 is 15.8 Å². The van der Waals surface area contributed by atoms with Crippen LogP contribution in [-0.4, -0.2) is 71.2 Å². The van der Waals surface area contributed by atoms with Crippen LogP contribution in [0.2, 0.25) is 0 Å². The molecule has 45 heavy (non-hydrogen) atoms. The first-order valence-corrected chi connectivity index (χ1v) is 15.8. The van der Waals surface area contributed by atoms with Crippen molar-refractivity contribution in [2.45, 2.75) is 50.3 Å². The maximum absolute atomic E-state index is 13.6. The van der Waals surface area contributed by atoms with Crippen molar-refractivity contribution in [3.8, 4) is 40.9 Å². The third-order valence-electron chi connectivity index (χ3n) is 6.94. The summed E-state index contributed by atoms with van der Waals surface area (Å²) in [6.07, 6.45) is 2.96. The van der Waals surface area contributed by atoms with Crippen molar-refractivity contribution < 1.29 is 42.3 Å². The van der Waals surface area contributed by atoms with E-state index in [-0.39, 0.29) is 77.8 Å². The molecule has 14 nitrogen and oxygen atoms in total. The highest BCUT2D eigenvalue weighted by molar-refractivity contribution is 7.92. The topological polar surface area (TPSA) is 176 Å². The maximum atomic E-state index is 13.6. The average Bonchev–Trinajstić information content (AvgIpc) is 3.67. The highest BCUT2D eigenvalue weighted by Gasteiger charge is 2.27. The van der Waals surface area contributed by atoms with E-state index in [2.05, 4.69) is 19.7 Å². The smallest absolute Gasteiger partial charge is 0.322 e. The molecule has 1 aliphatic heterocycles. The Morgan fingerprint density at radius 2 is 1.80 bits per heavy atom. The van der Waals surface area contributed by atoms with E-state index in [0.29, 0.717) is 12.4 Å². The SMILES string of the molecule is COc1ccccc1Oc1c(NS(=O)(=O)c2ccc(C(C)C)cn2)nc(OCCn2c(O)ccc2O)nc1OCC1CCCO1. The van der Waals surface area contributed by atoms with Crippen LogP contribution in [0.3, 0.4) is 0 Å². The van der Waals surface area contributed by atoms with E-state index in [1.165, 1.54) is 36.1 Å².